The van der Waals surface area contributed by atoms with Crippen molar-refractivity contribution in [3.8, 4) is 5.69 Å². The number of alkyl halides is 3. The van der Waals surface area contributed by atoms with Gasteiger partial charge in [0.05, 0.1) is 16.9 Å². The van der Waals surface area contributed by atoms with Crippen molar-refractivity contribution >= 4 is 17.6 Å². The summed E-state index contributed by atoms with van der Waals surface area (Å²) in [6.45, 7) is 2.50. The van der Waals surface area contributed by atoms with Crippen molar-refractivity contribution in [2.24, 2.45) is 0 Å². The molecule has 1 unspecified atom stereocenters. The molecule has 3 amide bonds. The van der Waals surface area contributed by atoms with Crippen molar-refractivity contribution in [1.82, 2.24) is 20.0 Å². The van der Waals surface area contributed by atoms with E-state index >= 15 is 0 Å². The summed E-state index contributed by atoms with van der Waals surface area (Å²) in [5.41, 5.74) is -0.534. The van der Waals surface area contributed by atoms with Crippen LogP contribution in [0.15, 0.2) is 36.7 Å². The number of anilines is 1. The SMILES string of the molecule is CCC(=O)NC1CCCN(C(=O)Nc2cc(C(F)(F)F)ccc2-n2cccn2)C1. The molecule has 1 aromatic carbocycles. The third-order valence-electron chi connectivity index (χ3n) is 4.71. The number of nitrogens with zero attached hydrogens (tertiary/aromatic N) is 3. The van der Waals surface area contributed by atoms with Crippen molar-refractivity contribution in [3.05, 3.63) is 42.2 Å². The van der Waals surface area contributed by atoms with Crippen LogP contribution in [0.3, 0.4) is 0 Å². The van der Waals surface area contributed by atoms with Crippen LogP contribution < -0.4 is 10.6 Å². The lowest BCUT2D eigenvalue weighted by molar-refractivity contribution is -0.137. The number of amides is 3. The minimum absolute atomic E-state index is 0.00763. The number of piperidine rings is 1. The molecule has 1 saturated heterocycles. The molecule has 0 saturated carbocycles. The highest BCUT2D eigenvalue weighted by molar-refractivity contribution is 5.92. The van der Waals surface area contributed by atoms with E-state index in [0.29, 0.717) is 31.6 Å². The maximum atomic E-state index is 13.2. The second-order valence-corrected chi connectivity index (χ2v) is 6.82. The molecule has 156 valence electrons. The van der Waals surface area contributed by atoms with E-state index < -0.39 is 17.8 Å². The Labute approximate surface area is 165 Å². The first kappa shape index (κ1) is 20.7. The topological polar surface area (TPSA) is 79.3 Å². The molecule has 0 aliphatic carbocycles. The summed E-state index contributed by atoms with van der Waals surface area (Å²) in [5.74, 6) is -0.101. The number of carbonyl (C=O) groups is 2. The first-order valence-electron chi connectivity index (χ1n) is 9.34. The number of aromatic nitrogens is 2. The van der Waals surface area contributed by atoms with Crippen LogP contribution in [0.2, 0.25) is 0 Å². The zero-order valence-corrected chi connectivity index (χ0v) is 15.9. The zero-order chi connectivity index (χ0) is 21.0. The van der Waals surface area contributed by atoms with Crippen LogP contribution in [-0.4, -0.2) is 45.8 Å². The van der Waals surface area contributed by atoms with Crippen molar-refractivity contribution in [2.45, 2.75) is 38.4 Å². The molecule has 0 bridgehead atoms. The van der Waals surface area contributed by atoms with Crippen LogP contribution in [0.4, 0.5) is 23.7 Å². The number of halogens is 3. The van der Waals surface area contributed by atoms with E-state index in [4.69, 9.17) is 0 Å². The number of nitrogens with one attached hydrogen (secondary N) is 2. The molecule has 1 atom stereocenters. The van der Waals surface area contributed by atoms with Gasteiger partial charge in [-0.05, 0) is 37.1 Å². The zero-order valence-electron chi connectivity index (χ0n) is 15.9. The van der Waals surface area contributed by atoms with E-state index in [-0.39, 0.29) is 17.6 Å². The highest BCUT2D eigenvalue weighted by Gasteiger charge is 2.32. The van der Waals surface area contributed by atoms with Crippen molar-refractivity contribution in [2.75, 3.05) is 18.4 Å². The largest absolute Gasteiger partial charge is 0.416 e. The normalized spacial score (nSPS) is 17.1. The Morgan fingerprint density at radius 3 is 2.76 bits per heavy atom. The lowest BCUT2D eigenvalue weighted by Gasteiger charge is -2.33. The quantitative estimate of drug-likeness (QED) is 0.812. The van der Waals surface area contributed by atoms with Gasteiger partial charge in [-0.2, -0.15) is 18.3 Å². The van der Waals surface area contributed by atoms with Gasteiger partial charge >= 0.3 is 12.2 Å². The Hall–Kier alpha value is -3.04. The van der Waals surface area contributed by atoms with Crippen LogP contribution in [0.5, 0.6) is 0 Å². The van der Waals surface area contributed by atoms with Gasteiger partial charge in [0.2, 0.25) is 5.91 Å². The fourth-order valence-corrected chi connectivity index (χ4v) is 3.23. The first-order valence-corrected chi connectivity index (χ1v) is 9.34. The molecule has 1 aliphatic heterocycles. The Morgan fingerprint density at radius 2 is 2.10 bits per heavy atom. The number of urea groups is 1. The van der Waals surface area contributed by atoms with Gasteiger partial charge in [-0.3, -0.25) is 4.79 Å². The second-order valence-electron chi connectivity index (χ2n) is 6.82. The predicted octanol–water partition coefficient (Wildman–Crippen LogP) is 3.41. The second kappa shape index (κ2) is 8.54. The van der Waals surface area contributed by atoms with Crippen LogP contribution in [0, 0.1) is 0 Å². The summed E-state index contributed by atoms with van der Waals surface area (Å²) in [6, 6.07) is 4.06. The molecule has 1 aromatic heterocycles. The van der Waals surface area contributed by atoms with Gasteiger partial charge < -0.3 is 15.5 Å². The van der Waals surface area contributed by atoms with E-state index in [1.54, 1.807) is 19.2 Å². The molecule has 3 rings (SSSR count). The summed E-state index contributed by atoms with van der Waals surface area (Å²) >= 11 is 0. The molecule has 1 fully saturated rings. The standard InChI is InChI=1S/C19H22F3N5O2/c1-2-17(28)24-14-5-3-9-26(12-14)18(29)25-15-11-13(19(20,21)22)6-7-16(15)27-10-4-8-23-27/h4,6-8,10-11,14H,2-3,5,9,12H2,1H3,(H,24,28)(H,25,29). The van der Waals surface area contributed by atoms with Gasteiger partial charge in [0.15, 0.2) is 0 Å². The van der Waals surface area contributed by atoms with Gasteiger partial charge in [0.25, 0.3) is 0 Å². The minimum Gasteiger partial charge on any atom is -0.352 e. The number of benzene rings is 1. The van der Waals surface area contributed by atoms with Crippen LogP contribution in [0.1, 0.15) is 31.7 Å². The Balaban J connectivity index is 1.80. The van der Waals surface area contributed by atoms with E-state index in [1.165, 1.54) is 21.8 Å². The van der Waals surface area contributed by atoms with Gasteiger partial charge in [0, 0.05) is 37.9 Å². The molecule has 1 aliphatic rings. The summed E-state index contributed by atoms with van der Waals surface area (Å²) in [7, 11) is 0. The molecular formula is C19H22F3N5O2. The highest BCUT2D eigenvalue weighted by Crippen LogP contribution is 2.33. The third kappa shape index (κ3) is 5.07. The lowest BCUT2D eigenvalue weighted by atomic mass is 10.1. The molecular weight excluding hydrogens is 387 g/mol. The first-order chi connectivity index (χ1) is 13.8. The molecule has 0 radical (unpaired) electrons. The number of hydrogen-bond acceptors (Lipinski definition) is 3. The highest BCUT2D eigenvalue weighted by atomic mass is 19.4. The molecule has 10 heteroatoms. The Bertz CT molecular complexity index is 867. The summed E-state index contributed by atoms with van der Waals surface area (Å²) < 4.78 is 40.8. The van der Waals surface area contributed by atoms with Crippen molar-refractivity contribution in [3.63, 3.8) is 0 Å². The average Bonchev–Trinajstić information content (AvgIpc) is 3.22. The molecule has 2 aromatic rings. The Morgan fingerprint density at radius 1 is 1.31 bits per heavy atom. The number of likely N-dealkylation sites (tertiary alicyclic amines) is 1. The molecule has 0 spiro atoms. The molecule has 29 heavy (non-hydrogen) atoms. The van der Waals surface area contributed by atoms with Crippen LogP contribution in [-0.2, 0) is 11.0 Å². The van der Waals surface area contributed by atoms with Gasteiger partial charge in [-0.25, -0.2) is 9.48 Å². The summed E-state index contributed by atoms with van der Waals surface area (Å²) in [6.07, 6.45) is 0.321. The monoisotopic (exact) mass is 409 g/mol. The van der Waals surface area contributed by atoms with Crippen molar-refractivity contribution in [1.29, 1.82) is 0 Å². The fraction of sp³-hybridized carbons (Fsp3) is 0.421. The summed E-state index contributed by atoms with van der Waals surface area (Å²) in [4.78, 5) is 25.8. The maximum Gasteiger partial charge on any atom is 0.416 e. The van der Waals surface area contributed by atoms with Crippen LogP contribution in [0.25, 0.3) is 5.69 Å². The van der Waals surface area contributed by atoms with Gasteiger partial charge in [0.1, 0.15) is 0 Å². The Kier molecular flexibility index (Phi) is 6.09. The van der Waals surface area contributed by atoms with Gasteiger partial charge in [-0.1, -0.05) is 6.92 Å². The summed E-state index contributed by atoms with van der Waals surface area (Å²) in [5, 5.41) is 9.47. The molecule has 2 N–H and O–H groups in total. The predicted molar refractivity (Wildman–Crippen MR) is 101 cm³/mol. The smallest absolute Gasteiger partial charge is 0.352 e. The van der Waals surface area contributed by atoms with E-state index in [9.17, 15) is 22.8 Å². The lowest BCUT2D eigenvalue weighted by Crippen LogP contribution is -2.50. The molecule has 7 nitrogen and oxygen atoms in total. The third-order valence-corrected chi connectivity index (χ3v) is 4.71. The van der Waals surface area contributed by atoms with E-state index in [1.807, 2.05) is 0 Å². The number of carbonyl (C=O) groups excluding carboxylic acids is 2. The number of rotatable bonds is 4. The average molecular weight is 409 g/mol. The van der Waals surface area contributed by atoms with Crippen molar-refractivity contribution < 1.29 is 22.8 Å². The van der Waals surface area contributed by atoms with E-state index in [0.717, 1.165) is 18.6 Å². The fourth-order valence-electron chi connectivity index (χ4n) is 3.23. The number of hydrogen-bond donors (Lipinski definition) is 2. The maximum absolute atomic E-state index is 13.2. The molecule has 2 heterocycles. The van der Waals surface area contributed by atoms with Crippen LogP contribution >= 0.6 is 0 Å². The van der Waals surface area contributed by atoms with E-state index in [2.05, 4.69) is 15.7 Å². The minimum atomic E-state index is -4.54. The van der Waals surface area contributed by atoms with Gasteiger partial charge in [-0.15, -0.1) is 0 Å².